The molecule has 0 radical (unpaired) electrons. The molecule has 2 heterocycles. The molecule has 2 fully saturated rings. The summed E-state index contributed by atoms with van der Waals surface area (Å²) in [6, 6.07) is 0. The highest BCUT2D eigenvalue weighted by Crippen LogP contribution is 2.32. The fourth-order valence-electron chi connectivity index (χ4n) is 4.24. The van der Waals surface area contributed by atoms with E-state index in [9.17, 15) is 9.90 Å². The number of rotatable bonds is 5. The molecule has 3 rings (SSSR count). The van der Waals surface area contributed by atoms with E-state index in [1.807, 2.05) is 11.9 Å². The number of nitrogens with one attached hydrogen (secondary N) is 1. The van der Waals surface area contributed by atoms with E-state index >= 15 is 0 Å². The molecule has 1 saturated carbocycles. The van der Waals surface area contributed by atoms with Crippen LogP contribution in [-0.2, 0) is 11.2 Å². The van der Waals surface area contributed by atoms with Gasteiger partial charge in [-0.3, -0.25) is 9.78 Å². The summed E-state index contributed by atoms with van der Waals surface area (Å²) in [4.78, 5) is 23.4. The minimum atomic E-state index is -0.771. The zero-order chi connectivity index (χ0) is 17.7. The Morgan fingerprint density at radius 3 is 2.80 bits per heavy atom. The Bertz CT molecular complexity index is 587. The lowest BCUT2D eigenvalue weighted by molar-refractivity contribution is -0.139. The van der Waals surface area contributed by atoms with Crippen LogP contribution in [0, 0.1) is 5.92 Å². The van der Waals surface area contributed by atoms with Gasteiger partial charge in [-0.1, -0.05) is 19.3 Å². The second-order valence-electron chi connectivity index (χ2n) is 7.62. The van der Waals surface area contributed by atoms with Crippen LogP contribution in [0.4, 0.5) is 5.82 Å². The van der Waals surface area contributed by atoms with Gasteiger partial charge in [0.15, 0.2) is 0 Å². The van der Waals surface area contributed by atoms with Gasteiger partial charge in [0.2, 0.25) is 5.91 Å². The molecule has 138 valence electrons. The smallest absolute Gasteiger partial charge is 0.225 e. The van der Waals surface area contributed by atoms with Gasteiger partial charge in [-0.05, 0) is 38.0 Å². The summed E-state index contributed by atoms with van der Waals surface area (Å²) in [6.45, 7) is 1.57. The Balaban J connectivity index is 1.58. The van der Waals surface area contributed by atoms with Crippen LogP contribution >= 0.6 is 0 Å². The maximum atomic E-state index is 12.7. The molecular weight excluding hydrogens is 316 g/mol. The van der Waals surface area contributed by atoms with Gasteiger partial charge in [-0.2, -0.15) is 0 Å². The molecule has 0 unspecified atom stereocenters. The van der Waals surface area contributed by atoms with Crippen molar-refractivity contribution in [3.05, 3.63) is 18.1 Å². The molecular formula is C19H30N4O2. The minimum absolute atomic E-state index is 0.113. The molecule has 1 saturated heterocycles. The summed E-state index contributed by atoms with van der Waals surface area (Å²) in [6.07, 6.45) is 11.4. The summed E-state index contributed by atoms with van der Waals surface area (Å²) >= 11 is 0. The third kappa shape index (κ3) is 4.69. The second kappa shape index (κ2) is 8.13. The van der Waals surface area contributed by atoms with Gasteiger partial charge in [0, 0.05) is 32.5 Å². The molecule has 2 aliphatic rings. The van der Waals surface area contributed by atoms with Gasteiger partial charge in [0.05, 0.1) is 17.7 Å². The van der Waals surface area contributed by atoms with Crippen molar-refractivity contribution in [3.8, 4) is 0 Å². The first-order valence-corrected chi connectivity index (χ1v) is 9.57. The van der Waals surface area contributed by atoms with Crippen LogP contribution in [-0.4, -0.2) is 51.6 Å². The zero-order valence-electron chi connectivity index (χ0n) is 15.2. The Labute approximate surface area is 150 Å². The van der Waals surface area contributed by atoms with Crippen molar-refractivity contribution in [1.29, 1.82) is 0 Å². The Kier molecular flexibility index (Phi) is 5.89. The lowest BCUT2D eigenvalue weighted by atomic mass is 9.82. The van der Waals surface area contributed by atoms with Gasteiger partial charge in [-0.15, -0.1) is 0 Å². The van der Waals surface area contributed by atoms with E-state index in [2.05, 4.69) is 15.3 Å². The molecule has 6 nitrogen and oxygen atoms in total. The highest BCUT2D eigenvalue weighted by Gasteiger charge is 2.34. The number of aliphatic hydroxyl groups is 1. The van der Waals surface area contributed by atoms with E-state index < -0.39 is 5.60 Å². The van der Waals surface area contributed by atoms with Gasteiger partial charge in [0.1, 0.15) is 5.82 Å². The van der Waals surface area contributed by atoms with E-state index in [0.29, 0.717) is 5.92 Å². The third-order valence-electron chi connectivity index (χ3n) is 5.63. The van der Waals surface area contributed by atoms with Crippen LogP contribution in [0.25, 0.3) is 0 Å². The summed E-state index contributed by atoms with van der Waals surface area (Å²) < 4.78 is 0. The molecule has 1 atom stereocenters. The molecule has 1 aliphatic carbocycles. The maximum absolute atomic E-state index is 12.7. The maximum Gasteiger partial charge on any atom is 0.225 e. The van der Waals surface area contributed by atoms with Crippen LogP contribution in [0.2, 0.25) is 0 Å². The van der Waals surface area contributed by atoms with Crippen molar-refractivity contribution >= 4 is 11.7 Å². The van der Waals surface area contributed by atoms with Gasteiger partial charge >= 0.3 is 0 Å². The van der Waals surface area contributed by atoms with Crippen molar-refractivity contribution < 1.29 is 9.90 Å². The van der Waals surface area contributed by atoms with E-state index in [1.165, 1.54) is 6.42 Å². The van der Waals surface area contributed by atoms with E-state index in [4.69, 9.17) is 0 Å². The Morgan fingerprint density at radius 1 is 1.28 bits per heavy atom. The highest BCUT2D eigenvalue weighted by molar-refractivity contribution is 5.77. The van der Waals surface area contributed by atoms with E-state index in [-0.39, 0.29) is 12.3 Å². The third-order valence-corrected chi connectivity index (χ3v) is 5.63. The molecule has 0 spiro atoms. The first-order valence-electron chi connectivity index (χ1n) is 9.57. The fraction of sp³-hybridized carbons (Fsp3) is 0.737. The number of amides is 1. The Hall–Kier alpha value is -1.69. The number of anilines is 1. The molecule has 1 aliphatic heterocycles. The molecule has 1 aromatic heterocycles. The second-order valence-corrected chi connectivity index (χ2v) is 7.62. The summed E-state index contributed by atoms with van der Waals surface area (Å²) in [7, 11) is 1.86. The predicted octanol–water partition coefficient (Wildman–Crippen LogP) is 2.38. The molecule has 2 N–H and O–H groups in total. The number of hydrogen-bond donors (Lipinski definition) is 2. The zero-order valence-corrected chi connectivity index (χ0v) is 15.2. The first kappa shape index (κ1) is 18.1. The van der Waals surface area contributed by atoms with Crippen molar-refractivity contribution in [1.82, 2.24) is 14.9 Å². The summed E-state index contributed by atoms with van der Waals surface area (Å²) in [5.41, 5.74) is 0.196. The number of carbonyl (C=O) groups excluding carboxylic acids is 1. The standard InChI is InChI=1S/C19H30N4O2/c1-20-18-16(21-9-10-22-18)12-15-6-5-11-23(14-15)17(24)13-19(25)7-3-2-4-8-19/h9-10,15,25H,2-8,11-14H2,1H3,(H,20,22)/t15-/m0/s1. The number of piperidine rings is 1. The number of carbonyl (C=O) groups is 1. The Morgan fingerprint density at radius 2 is 2.04 bits per heavy atom. The monoisotopic (exact) mass is 346 g/mol. The topological polar surface area (TPSA) is 78.4 Å². The van der Waals surface area contributed by atoms with E-state index in [1.54, 1.807) is 12.4 Å². The van der Waals surface area contributed by atoms with Crippen molar-refractivity contribution in [2.75, 3.05) is 25.5 Å². The highest BCUT2D eigenvalue weighted by atomic mass is 16.3. The number of likely N-dealkylation sites (tertiary alicyclic amines) is 1. The minimum Gasteiger partial charge on any atom is -0.389 e. The molecule has 6 heteroatoms. The molecule has 0 bridgehead atoms. The average Bonchev–Trinajstić information content (AvgIpc) is 2.62. The molecule has 1 amide bonds. The summed E-state index contributed by atoms with van der Waals surface area (Å²) in [5.74, 6) is 1.34. The van der Waals surface area contributed by atoms with Gasteiger partial charge in [-0.25, -0.2) is 4.98 Å². The lowest BCUT2D eigenvalue weighted by Gasteiger charge is -2.37. The van der Waals surface area contributed by atoms with Crippen molar-refractivity contribution in [2.45, 2.75) is 63.4 Å². The van der Waals surface area contributed by atoms with Crippen LogP contribution < -0.4 is 5.32 Å². The SMILES string of the molecule is CNc1nccnc1C[C@@H]1CCCN(C(=O)CC2(O)CCCCC2)C1. The van der Waals surface area contributed by atoms with Crippen LogP contribution in [0.5, 0.6) is 0 Å². The van der Waals surface area contributed by atoms with Crippen LogP contribution in [0.3, 0.4) is 0 Å². The molecule has 0 aromatic carbocycles. The molecule has 25 heavy (non-hydrogen) atoms. The average molecular weight is 346 g/mol. The number of hydrogen-bond acceptors (Lipinski definition) is 5. The normalized spacial score (nSPS) is 23.3. The first-order chi connectivity index (χ1) is 12.1. The van der Waals surface area contributed by atoms with Crippen LogP contribution in [0.15, 0.2) is 12.4 Å². The number of aromatic nitrogens is 2. The van der Waals surface area contributed by atoms with Crippen LogP contribution in [0.1, 0.15) is 57.1 Å². The molecule has 1 aromatic rings. The fourth-order valence-corrected chi connectivity index (χ4v) is 4.24. The van der Waals surface area contributed by atoms with Gasteiger partial charge < -0.3 is 15.3 Å². The number of nitrogens with zero attached hydrogens (tertiary/aromatic N) is 3. The quantitative estimate of drug-likeness (QED) is 0.856. The largest absolute Gasteiger partial charge is 0.389 e. The van der Waals surface area contributed by atoms with Gasteiger partial charge in [0.25, 0.3) is 0 Å². The lowest BCUT2D eigenvalue weighted by Crippen LogP contribution is -2.45. The van der Waals surface area contributed by atoms with Crippen molar-refractivity contribution in [3.63, 3.8) is 0 Å². The van der Waals surface area contributed by atoms with E-state index in [0.717, 1.165) is 69.5 Å². The van der Waals surface area contributed by atoms with Crippen molar-refractivity contribution in [2.24, 2.45) is 5.92 Å². The summed E-state index contributed by atoms with van der Waals surface area (Å²) in [5, 5.41) is 13.8. The predicted molar refractivity (Wildman–Crippen MR) is 97.2 cm³/mol.